The Morgan fingerprint density at radius 3 is 2.70 bits per heavy atom. The molecule has 2 aromatic rings. The number of hydrogen-bond acceptors (Lipinski definition) is 5. The topological polar surface area (TPSA) is 91.5 Å². The zero-order chi connectivity index (χ0) is 19.4. The Labute approximate surface area is 159 Å². The Kier molecular flexibility index (Phi) is 5.79. The van der Waals surface area contributed by atoms with Crippen molar-refractivity contribution in [2.75, 3.05) is 13.2 Å². The van der Waals surface area contributed by atoms with Crippen LogP contribution in [0.2, 0.25) is 0 Å². The molecular formula is C20H28N4O3. The first kappa shape index (κ1) is 19.4. The molecule has 1 saturated heterocycles. The predicted molar refractivity (Wildman–Crippen MR) is 102 cm³/mol. The second kappa shape index (κ2) is 8.08. The number of rotatable bonds is 4. The summed E-state index contributed by atoms with van der Waals surface area (Å²) in [5.41, 5.74) is 2.20. The Morgan fingerprint density at radius 2 is 2.04 bits per heavy atom. The van der Waals surface area contributed by atoms with Crippen LogP contribution in [-0.2, 0) is 12.0 Å². The van der Waals surface area contributed by atoms with Crippen molar-refractivity contribution in [3.63, 3.8) is 0 Å². The van der Waals surface area contributed by atoms with E-state index in [9.17, 15) is 9.90 Å². The molecule has 0 unspecified atom stereocenters. The summed E-state index contributed by atoms with van der Waals surface area (Å²) in [5, 5.41) is 16.2. The summed E-state index contributed by atoms with van der Waals surface area (Å²) >= 11 is 0. The van der Waals surface area contributed by atoms with E-state index in [2.05, 4.69) is 48.4 Å². The molecule has 0 bridgehead atoms. The van der Waals surface area contributed by atoms with Gasteiger partial charge in [-0.15, -0.1) is 0 Å². The molecule has 0 saturated carbocycles. The Bertz CT molecular complexity index is 764. The SMILES string of the molecule is CC(C)(C)c1ccc(-c2noc(CNC(=O)N3CCCC[C@@H]3CO)n2)cc1. The molecule has 0 aliphatic carbocycles. The Morgan fingerprint density at radius 1 is 1.30 bits per heavy atom. The van der Waals surface area contributed by atoms with Crippen LogP contribution >= 0.6 is 0 Å². The maximum absolute atomic E-state index is 12.4. The lowest BCUT2D eigenvalue weighted by Crippen LogP contribution is -2.49. The number of likely N-dealkylation sites (tertiary alicyclic amines) is 1. The Balaban J connectivity index is 1.60. The molecule has 1 aliphatic rings. The van der Waals surface area contributed by atoms with Gasteiger partial charge in [-0.05, 0) is 30.2 Å². The normalized spacial score (nSPS) is 17.8. The minimum atomic E-state index is -0.206. The summed E-state index contributed by atoms with van der Waals surface area (Å²) in [5.74, 6) is 0.863. The average molecular weight is 372 g/mol. The van der Waals surface area contributed by atoms with E-state index >= 15 is 0 Å². The quantitative estimate of drug-likeness (QED) is 0.860. The monoisotopic (exact) mass is 372 g/mol. The number of aromatic nitrogens is 2. The van der Waals surface area contributed by atoms with Crippen molar-refractivity contribution in [2.45, 2.75) is 58.0 Å². The average Bonchev–Trinajstić information content (AvgIpc) is 3.14. The van der Waals surface area contributed by atoms with Gasteiger partial charge in [0.05, 0.1) is 19.2 Å². The summed E-state index contributed by atoms with van der Waals surface area (Å²) < 4.78 is 5.26. The van der Waals surface area contributed by atoms with Crippen molar-refractivity contribution < 1.29 is 14.4 Å². The van der Waals surface area contributed by atoms with Gasteiger partial charge < -0.3 is 19.8 Å². The van der Waals surface area contributed by atoms with Gasteiger partial charge in [-0.1, -0.05) is 50.2 Å². The van der Waals surface area contributed by atoms with Crippen LogP contribution in [0.25, 0.3) is 11.4 Å². The summed E-state index contributed by atoms with van der Waals surface area (Å²) in [7, 11) is 0. The number of carbonyl (C=O) groups is 1. The molecule has 1 aromatic carbocycles. The third-order valence-corrected chi connectivity index (χ3v) is 4.97. The molecule has 2 heterocycles. The summed E-state index contributed by atoms with van der Waals surface area (Å²) in [6, 6.07) is 7.78. The van der Waals surface area contributed by atoms with Gasteiger partial charge in [-0.2, -0.15) is 4.98 Å². The first-order valence-corrected chi connectivity index (χ1v) is 9.47. The lowest BCUT2D eigenvalue weighted by atomic mass is 9.87. The first-order valence-electron chi connectivity index (χ1n) is 9.47. The summed E-state index contributed by atoms with van der Waals surface area (Å²) in [4.78, 5) is 18.4. The van der Waals surface area contributed by atoms with Crippen molar-refractivity contribution in [3.05, 3.63) is 35.7 Å². The third-order valence-electron chi connectivity index (χ3n) is 4.97. The van der Waals surface area contributed by atoms with Crippen LogP contribution in [0.1, 0.15) is 51.5 Å². The van der Waals surface area contributed by atoms with Crippen molar-refractivity contribution in [1.29, 1.82) is 0 Å². The first-order chi connectivity index (χ1) is 12.9. The number of aliphatic hydroxyl groups excluding tert-OH is 1. The largest absolute Gasteiger partial charge is 0.394 e. The highest BCUT2D eigenvalue weighted by Crippen LogP contribution is 2.25. The molecule has 0 radical (unpaired) electrons. The molecule has 0 spiro atoms. The minimum absolute atomic E-state index is 0.0112. The summed E-state index contributed by atoms with van der Waals surface area (Å²) in [6.07, 6.45) is 2.83. The highest BCUT2D eigenvalue weighted by Gasteiger charge is 2.26. The molecule has 2 N–H and O–H groups in total. The van der Waals surface area contributed by atoms with E-state index in [4.69, 9.17) is 4.52 Å². The van der Waals surface area contributed by atoms with Crippen molar-refractivity contribution >= 4 is 6.03 Å². The number of urea groups is 1. The van der Waals surface area contributed by atoms with Crippen molar-refractivity contribution in [1.82, 2.24) is 20.4 Å². The zero-order valence-electron chi connectivity index (χ0n) is 16.2. The molecule has 1 aromatic heterocycles. The van der Waals surface area contributed by atoms with Crippen molar-refractivity contribution in [2.24, 2.45) is 0 Å². The molecule has 146 valence electrons. The minimum Gasteiger partial charge on any atom is -0.394 e. The van der Waals surface area contributed by atoms with E-state index in [0.29, 0.717) is 18.3 Å². The zero-order valence-corrected chi connectivity index (χ0v) is 16.2. The fourth-order valence-corrected chi connectivity index (χ4v) is 3.27. The van der Waals surface area contributed by atoms with Crippen LogP contribution in [0.3, 0.4) is 0 Å². The molecule has 1 atom stereocenters. The van der Waals surface area contributed by atoms with Gasteiger partial charge >= 0.3 is 6.03 Å². The number of aliphatic hydroxyl groups is 1. The molecule has 2 amide bonds. The van der Waals surface area contributed by atoms with Gasteiger partial charge in [0.15, 0.2) is 0 Å². The maximum Gasteiger partial charge on any atom is 0.318 e. The molecular weight excluding hydrogens is 344 g/mol. The second-order valence-electron chi connectivity index (χ2n) is 8.02. The van der Waals surface area contributed by atoms with Crippen LogP contribution in [0, 0.1) is 0 Å². The Hall–Kier alpha value is -2.41. The third kappa shape index (κ3) is 4.66. The molecule has 1 aliphatic heterocycles. The molecule has 3 rings (SSSR count). The molecule has 7 heteroatoms. The number of nitrogens with one attached hydrogen (secondary N) is 1. The van der Waals surface area contributed by atoms with Crippen LogP contribution in [0.5, 0.6) is 0 Å². The van der Waals surface area contributed by atoms with Gasteiger partial charge in [0.25, 0.3) is 0 Å². The van der Waals surface area contributed by atoms with E-state index in [0.717, 1.165) is 24.8 Å². The van der Waals surface area contributed by atoms with Crippen LogP contribution in [0.4, 0.5) is 4.79 Å². The van der Waals surface area contributed by atoms with Crippen LogP contribution in [0.15, 0.2) is 28.8 Å². The van der Waals surface area contributed by atoms with Crippen LogP contribution in [-0.4, -0.2) is 45.4 Å². The number of hydrogen-bond donors (Lipinski definition) is 2. The lowest BCUT2D eigenvalue weighted by Gasteiger charge is -2.34. The molecule has 1 fully saturated rings. The number of piperidine rings is 1. The standard InChI is InChI=1S/C20H28N4O3/c1-20(2,3)15-9-7-14(8-10-15)18-22-17(27-23-18)12-21-19(26)24-11-5-4-6-16(24)13-25/h7-10,16,25H,4-6,11-13H2,1-3H3,(H,21,26)/t16-/m1/s1. The van der Waals surface area contributed by atoms with Gasteiger partial charge in [-0.3, -0.25) is 0 Å². The highest BCUT2D eigenvalue weighted by molar-refractivity contribution is 5.74. The summed E-state index contributed by atoms with van der Waals surface area (Å²) in [6.45, 7) is 7.32. The van der Waals surface area contributed by atoms with Gasteiger partial charge in [0.2, 0.25) is 11.7 Å². The fraction of sp³-hybridized carbons (Fsp3) is 0.550. The predicted octanol–water partition coefficient (Wildman–Crippen LogP) is 3.09. The highest BCUT2D eigenvalue weighted by atomic mass is 16.5. The second-order valence-corrected chi connectivity index (χ2v) is 8.02. The fourth-order valence-electron chi connectivity index (χ4n) is 3.27. The lowest BCUT2D eigenvalue weighted by molar-refractivity contribution is 0.107. The van der Waals surface area contributed by atoms with E-state index in [1.165, 1.54) is 5.56 Å². The van der Waals surface area contributed by atoms with Gasteiger partial charge in [0.1, 0.15) is 0 Å². The van der Waals surface area contributed by atoms with Gasteiger partial charge in [-0.25, -0.2) is 4.79 Å². The maximum atomic E-state index is 12.4. The van der Waals surface area contributed by atoms with E-state index in [-0.39, 0.29) is 30.6 Å². The van der Waals surface area contributed by atoms with Gasteiger partial charge in [0, 0.05) is 12.1 Å². The van der Waals surface area contributed by atoms with Crippen LogP contribution < -0.4 is 5.32 Å². The van der Waals surface area contributed by atoms with E-state index in [1.54, 1.807) is 4.90 Å². The molecule has 7 nitrogen and oxygen atoms in total. The number of nitrogens with zero attached hydrogens (tertiary/aromatic N) is 3. The van der Waals surface area contributed by atoms with Crippen molar-refractivity contribution in [3.8, 4) is 11.4 Å². The van der Waals surface area contributed by atoms with E-state index in [1.807, 2.05) is 12.1 Å². The van der Waals surface area contributed by atoms with E-state index < -0.39 is 0 Å². The number of carbonyl (C=O) groups excluding carboxylic acids is 1. The smallest absolute Gasteiger partial charge is 0.318 e. The number of amides is 2. The number of benzene rings is 1. The molecule has 27 heavy (non-hydrogen) atoms.